The number of alkyl halides is 3. The fourth-order valence-corrected chi connectivity index (χ4v) is 6.96. The van der Waals surface area contributed by atoms with Crippen LogP contribution in [0.15, 0.2) is 40.3 Å². The average molecular weight is 746 g/mol. The van der Waals surface area contributed by atoms with Gasteiger partial charge in [-0.25, -0.2) is 18.4 Å². The molecule has 5 heterocycles. The molecule has 276 valence electrons. The molecule has 0 aliphatic carbocycles. The maximum absolute atomic E-state index is 14.2. The van der Waals surface area contributed by atoms with Gasteiger partial charge < -0.3 is 29.5 Å². The molecule has 1 fully saturated rings. The predicted molar refractivity (Wildman–Crippen MR) is 180 cm³/mol. The first-order chi connectivity index (χ1) is 24.6. The highest BCUT2D eigenvalue weighted by Gasteiger charge is 2.47. The standard InChI is InChI=1S/C32H34F3N9O7S/c1-4-23-26(41-9-11-42(12-10-41)29(47)25-27(46)19(3)36-17-37-25)30(48)44-31(39-28(40-44)20-7-13-51-14-8-20)43(23)16-24(45)38-22-6-5-21(15-18(22)2)52(49,50)32(33,34)35/h5-7,15,17,46H,4,8-14,16H2,1-3H3,(H,38,45). The Bertz CT molecular complexity index is 2280. The number of nitrogens with zero attached hydrogens (tertiary/aromatic N) is 8. The van der Waals surface area contributed by atoms with Gasteiger partial charge in [-0.05, 0) is 56.0 Å². The normalized spacial score (nSPS) is 15.5. The monoisotopic (exact) mass is 745 g/mol. The lowest BCUT2D eigenvalue weighted by molar-refractivity contribution is -0.116. The average Bonchev–Trinajstić information content (AvgIpc) is 3.57. The molecule has 6 rings (SSSR count). The maximum Gasteiger partial charge on any atom is 0.501 e. The Hall–Kier alpha value is -5.37. The smallest absolute Gasteiger partial charge is 0.501 e. The Morgan fingerprint density at radius 2 is 1.83 bits per heavy atom. The number of fused-ring (bicyclic) bond motifs is 1. The molecular formula is C32H34F3N9O7S. The van der Waals surface area contributed by atoms with Gasteiger partial charge in [0.25, 0.3) is 21.3 Å². The summed E-state index contributed by atoms with van der Waals surface area (Å²) >= 11 is 0. The third kappa shape index (κ3) is 6.70. The first kappa shape index (κ1) is 36.4. The quantitative estimate of drug-likeness (QED) is 0.268. The van der Waals surface area contributed by atoms with Crippen LogP contribution in [0.3, 0.4) is 0 Å². The molecule has 1 saturated heterocycles. The van der Waals surface area contributed by atoms with E-state index in [-0.39, 0.29) is 78.3 Å². The minimum Gasteiger partial charge on any atom is -0.504 e. The third-order valence-corrected chi connectivity index (χ3v) is 10.4. The Balaban J connectivity index is 1.34. The summed E-state index contributed by atoms with van der Waals surface area (Å²) in [5, 5.41) is 17.5. The van der Waals surface area contributed by atoms with Crippen molar-refractivity contribution in [2.75, 3.05) is 49.6 Å². The van der Waals surface area contributed by atoms with Crippen LogP contribution in [0.1, 0.15) is 46.6 Å². The van der Waals surface area contributed by atoms with E-state index in [4.69, 9.17) is 4.74 Å². The zero-order valence-electron chi connectivity index (χ0n) is 28.3. The summed E-state index contributed by atoms with van der Waals surface area (Å²) in [5.41, 5.74) is -4.25. The van der Waals surface area contributed by atoms with Gasteiger partial charge in [-0.2, -0.15) is 22.7 Å². The molecule has 0 radical (unpaired) electrons. The molecule has 0 atom stereocenters. The summed E-state index contributed by atoms with van der Waals surface area (Å²) in [7, 11) is -5.60. The number of aromatic hydroxyl groups is 1. The second-order valence-corrected chi connectivity index (χ2v) is 14.1. The van der Waals surface area contributed by atoms with Crippen molar-refractivity contribution in [1.82, 2.24) is 34.0 Å². The molecule has 52 heavy (non-hydrogen) atoms. The van der Waals surface area contributed by atoms with Gasteiger partial charge in [0.1, 0.15) is 18.6 Å². The minimum absolute atomic E-state index is 0.0780. The van der Waals surface area contributed by atoms with Gasteiger partial charge in [0.2, 0.25) is 11.7 Å². The molecule has 3 aromatic heterocycles. The lowest BCUT2D eigenvalue weighted by Crippen LogP contribution is -2.51. The van der Waals surface area contributed by atoms with Crippen LogP contribution in [0.25, 0.3) is 11.4 Å². The summed E-state index contributed by atoms with van der Waals surface area (Å²) < 4.78 is 71.3. The van der Waals surface area contributed by atoms with Crippen LogP contribution in [0.2, 0.25) is 0 Å². The number of sulfone groups is 1. The number of nitrogens with one attached hydrogen (secondary N) is 1. The summed E-state index contributed by atoms with van der Waals surface area (Å²) in [5.74, 6) is -1.08. The molecule has 2 aliphatic rings. The number of carbonyl (C=O) groups is 2. The summed E-state index contributed by atoms with van der Waals surface area (Å²) in [6.07, 6.45) is 3.76. The van der Waals surface area contributed by atoms with Gasteiger partial charge in [-0.3, -0.25) is 14.4 Å². The molecular weight excluding hydrogens is 711 g/mol. The van der Waals surface area contributed by atoms with Crippen molar-refractivity contribution >= 4 is 44.4 Å². The van der Waals surface area contributed by atoms with Crippen molar-refractivity contribution in [3.63, 3.8) is 0 Å². The number of carbonyl (C=O) groups excluding carboxylic acids is 2. The fraction of sp³-hybridized carbons (Fsp3) is 0.406. The number of anilines is 2. The highest BCUT2D eigenvalue weighted by atomic mass is 32.2. The number of aryl methyl sites for hydroxylation is 2. The number of halogens is 3. The number of amides is 2. The number of hydrogen-bond acceptors (Lipinski definition) is 12. The number of aromatic nitrogens is 6. The molecule has 2 N–H and O–H groups in total. The van der Waals surface area contributed by atoms with Crippen molar-refractivity contribution in [3.05, 3.63) is 69.4 Å². The molecule has 20 heteroatoms. The van der Waals surface area contributed by atoms with Crippen molar-refractivity contribution in [1.29, 1.82) is 0 Å². The summed E-state index contributed by atoms with van der Waals surface area (Å²) in [6, 6.07) is 2.67. The Morgan fingerprint density at radius 3 is 2.46 bits per heavy atom. The molecule has 0 saturated carbocycles. The molecule has 0 unspecified atom stereocenters. The predicted octanol–water partition coefficient (Wildman–Crippen LogP) is 2.26. The molecule has 1 aromatic carbocycles. The van der Waals surface area contributed by atoms with E-state index in [9.17, 15) is 41.1 Å². The summed E-state index contributed by atoms with van der Waals surface area (Å²) in [4.78, 5) is 55.8. The van der Waals surface area contributed by atoms with Crippen molar-refractivity contribution < 1.29 is 41.0 Å². The second-order valence-electron chi connectivity index (χ2n) is 12.2. The van der Waals surface area contributed by atoms with Crippen LogP contribution in [-0.2, 0) is 32.3 Å². The second kappa shape index (κ2) is 14.0. The maximum atomic E-state index is 14.2. The summed E-state index contributed by atoms with van der Waals surface area (Å²) in [6.45, 7) is 5.86. The van der Waals surface area contributed by atoms with Crippen LogP contribution in [0.4, 0.5) is 24.5 Å². The zero-order chi connectivity index (χ0) is 37.5. The van der Waals surface area contributed by atoms with E-state index in [2.05, 4.69) is 25.4 Å². The Kier molecular flexibility index (Phi) is 9.79. The largest absolute Gasteiger partial charge is 0.504 e. The lowest BCUT2D eigenvalue weighted by Gasteiger charge is -2.36. The molecule has 4 aromatic rings. The van der Waals surface area contributed by atoms with E-state index < -0.39 is 44.2 Å². The van der Waals surface area contributed by atoms with Gasteiger partial charge >= 0.3 is 5.51 Å². The van der Waals surface area contributed by atoms with Crippen molar-refractivity contribution in [2.45, 2.75) is 50.6 Å². The topological polar surface area (TPSA) is 194 Å². The molecule has 2 aliphatic heterocycles. The van der Waals surface area contributed by atoms with E-state index in [1.807, 2.05) is 0 Å². The van der Waals surface area contributed by atoms with Crippen molar-refractivity contribution in [3.8, 4) is 5.75 Å². The van der Waals surface area contributed by atoms with E-state index >= 15 is 0 Å². The van der Waals surface area contributed by atoms with Gasteiger partial charge in [-0.15, -0.1) is 5.10 Å². The highest BCUT2D eigenvalue weighted by Crippen LogP contribution is 2.32. The lowest BCUT2D eigenvalue weighted by atomic mass is 10.1. The first-order valence-electron chi connectivity index (χ1n) is 16.2. The van der Waals surface area contributed by atoms with Crippen LogP contribution >= 0.6 is 0 Å². The SMILES string of the molecule is CCc1c(N2CCN(C(=O)c3ncnc(C)c3O)CC2)c(=O)n2nc(C3=CCOCC3)nc2n1CC(=O)Nc1ccc(S(=O)(=O)C(F)(F)F)cc1C. The molecule has 0 spiro atoms. The van der Waals surface area contributed by atoms with Crippen LogP contribution in [0.5, 0.6) is 5.75 Å². The number of hydrogen-bond donors (Lipinski definition) is 2. The minimum atomic E-state index is -5.60. The molecule has 0 bridgehead atoms. The highest BCUT2D eigenvalue weighted by molar-refractivity contribution is 7.92. The van der Waals surface area contributed by atoms with Gasteiger partial charge in [0.15, 0.2) is 17.3 Å². The molecule has 16 nitrogen and oxygen atoms in total. The number of piperazine rings is 1. The van der Waals surface area contributed by atoms with Gasteiger partial charge in [-0.1, -0.05) is 13.0 Å². The van der Waals surface area contributed by atoms with Crippen LogP contribution in [-0.4, -0.2) is 104 Å². The fourth-order valence-electron chi connectivity index (χ4n) is 6.11. The number of rotatable bonds is 8. The van der Waals surface area contributed by atoms with Crippen LogP contribution < -0.4 is 15.8 Å². The zero-order valence-corrected chi connectivity index (χ0v) is 29.1. The van der Waals surface area contributed by atoms with Gasteiger partial charge in [0.05, 0.1) is 29.5 Å². The van der Waals surface area contributed by atoms with E-state index in [0.29, 0.717) is 25.3 Å². The number of benzene rings is 1. The van der Waals surface area contributed by atoms with Gasteiger partial charge in [0, 0.05) is 31.9 Å². The number of ether oxygens (including phenoxy) is 1. The van der Waals surface area contributed by atoms with E-state index in [0.717, 1.165) is 28.3 Å². The van der Waals surface area contributed by atoms with Crippen LogP contribution in [0, 0.1) is 13.8 Å². The third-order valence-electron chi connectivity index (χ3n) is 8.89. The van der Waals surface area contributed by atoms with E-state index in [1.165, 1.54) is 18.2 Å². The molecule has 2 amide bonds. The Morgan fingerprint density at radius 1 is 1.10 bits per heavy atom. The first-order valence-corrected chi connectivity index (χ1v) is 17.7. The Labute approximate surface area is 294 Å². The van der Waals surface area contributed by atoms with E-state index in [1.54, 1.807) is 29.4 Å². The van der Waals surface area contributed by atoms with Crippen molar-refractivity contribution in [2.24, 2.45) is 0 Å².